The molecule has 1 N–H and O–H groups in total. The molecule has 5 nitrogen and oxygen atoms in total. The number of imidazole rings is 1. The van der Waals surface area contributed by atoms with Crippen LogP contribution < -0.4 is 0 Å². The first-order valence-corrected chi connectivity index (χ1v) is 13.9. The second-order valence-electron chi connectivity index (χ2n) is 8.19. The number of aromatic amines is 1. The van der Waals surface area contributed by atoms with Crippen molar-refractivity contribution in [2.45, 2.75) is 38.5 Å². The number of nitrogens with zero attached hydrogens (tertiary/aromatic N) is 3. The van der Waals surface area contributed by atoms with E-state index in [2.05, 4.69) is 39.6 Å². The Kier molecular flexibility index (Phi) is 7.10. The van der Waals surface area contributed by atoms with E-state index in [1.807, 2.05) is 0 Å². The van der Waals surface area contributed by atoms with E-state index in [9.17, 15) is 13.2 Å². The van der Waals surface area contributed by atoms with Crippen LogP contribution in [0.3, 0.4) is 0 Å². The first kappa shape index (κ1) is 23.7. The van der Waals surface area contributed by atoms with Crippen molar-refractivity contribution in [1.29, 1.82) is 0 Å². The van der Waals surface area contributed by atoms with Gasteiger partial charge in [0.25, 0.3) is 0 Å². The highest BCUT2D eigenvalue weighted by Crippen LogP contribution is 2.33. The summed E-state index contributed by atoms with van der Waals surface area (Å²) in [7, 11) is -1.35. The van der Waals surface area contributed by atoms with Gasteiger partial charge in [-0.2, -0.15) is 13.2 Å². The number of hydrogen-bond acceptors (Lipinski definition) is 4. The normalized spacial score (nSPS) is 12.4. The molecule has 2 heterocycles. The average Bonchev–Trinajstić information content (AvgIpc) is 3.12. The highest BCUT2D eigenvalue weighted by Gasteiger charge is 2.37. The van der Waals surface area contributed by atoms with E-state index < -0.39 is 19.9 Å². The summed E-state index contributed by atoms with van der Waals surface area (Å²) in [6.07, 6.45) is -3.36. The zero-order valence-electron chi connectivity index (χ0n) is 17.1. The first-order valence-electron chi connectivity index (χ1n) is 9.46. The molecule has 3 aromatic rings. The van der Waals surface area contributed by atoms with Crippen LogP contribution in [0.5, 0.6) is 0 Å². The lowest BCUT2D eigenvalue weighted by Gasteiger charge is -2.15. The van der Waals surface area contributed by atoms with Crippen molar-refractivity contribution >= 4 is 31.3 Å². The van der Waals surface area contributed by atoms with Crippen molar-refractivity contribution in [3.05, 3.63) is 52.0 Å². The Hall–Kier alpha value is -1.94. The van der Waals surface area contributed by atoms with E-state index in [1.54, 1.807) is 18.2 Å². The minimum absolute atomic E-state index is 0.0140. The van der Waals surface area contributed by atoms with Gasteiger partial charge in [0.1, 0.15) is 12.0 Å². The largest absolute Gasteiger partial charge is 0.435 e. The summed E-state index contributed by atoms with van der Waals surface area (Å²) in [5.74, 6) is -0.0140. The highest BCUT2D eigenvalue weighted by atomic mass is 35.5. The molecule has 0 amide bonds. The van der Waals surface area contributed by atoms with Crippen LogP contribution in [0.15, 0.2) is 30.6 Å². The van der Waals surface area contributed by atoms with Gasteiger partial charge in [-0.25, -0.2) is 15.0 Å². The van der Waals surface area contributed by atoms with Crippen molar-refractivity contribution in [1.82, 2.24) is 19.9 Å². The number of halogens is 5. The third kappa shape index (κ3) is 6.28. The average molecular weight is 489 g/mol. The fourth-order valence-corrected chi connectivity index (χ4v) is 3.78. The van der Waals surface area contributed by atoms with Crippen LogP contribution >= 0.6 is 23.2 Å². The van der Waals surface area contributed by atoms with Crippen LogP contribution in [0.25, 0.3) is 22.8 Å². The van der Waals surface area contributed by atoms with Crippen molar-refractivity contribution in [2.75, 3.05) is 6.61 Å². The maximum Gasteiger partial charge on any atom is 0.435 e. The van der Waals surface area contributed by atoms with Crippen molar-refractivity contribution in [2.24, 2.45) is 0 Å². The molecule has 0 aliphatic carbocycles. The van der Waals surface area contributed by atoms with Gasteiger partial charge in [0.15, 0.2) is 11.5 Å². The topological polar surface area (TPSA) is 63.7 Å². The highest BCUT2D eigenvalue weighted by molar-refractivity contribution is 6.76. The van der Waals surface area contributed by atoms with E-state index in [0.29, 0.717) is 27.9 Å². The van der Waals surface area contributed by atoms with E-state index in [0.717, 1.165) is 6.04 Å². The summed E-state index contributed by atoms with van der Waals surface area (Å²) >= 11 is 12.0. The standard InChI is InChI=1S/C20H21Cl2F3N4OSi/c1-31(2,3)7-6-30-10-17-18(20(23,24)25)29-19(28-17)16-9-15(26-11-27-16)12-4-5-13(21)14(22)8-12/h4-5,8-9,11H,6-7,10H2,1-3H3,(H,28,29). The molecular weight excluding hydrogens is 468 g/mol. The zero-order chi connectivity index (χ0) is 22.8. The van der Waals surface area contributed by atoms with Gasteiger partial charge in [0, 0.05) is 20.2 Å². The number of benzene rings is 1. The number of ether oxygens (including phenoxy) is 1. The molecule has 0 atom stereocenters. The van der Waals surface area contributed by atoms with Crippen molar-refractivity contribution in [3.8, 4) is 22.8 Å². The lowest BCUT2D eigenvalue weighted by Crippen LogP contribution is -2.21. The van der Waals surface area contributed by atoms with Crippen molar-refractivity contribution < 1.29 is 17.9 Å². The summed E-state index contributed by atoms with van der Waals surface area (Å²) in [6, 6.07) is 7.34. The summed E-state index contributed by atoms with van der Waals surface area (Å²) < 4.78 is 46.0. The summed E-state index contributed by atoms with van der Waals surface area (Å²) in [5, 5.41) is 0.730. The van der Waals surface area contributed by atoms with E-state index in [4.69, 9.17) is 27.9 Å². The van der Waals surface area contributed by atoms with Crippen LogP contribution in [-0.2, 0) is 17.5 Å². The third-order valence-electron chi connectivity index (χ3n) is 4.42. The molecule has 0 fully saturated rings. The molecule has 0 saturated heterocycles. The fourth-order valence-electron chi connectivity index (χ4n) is 2.72. The molecule has 0 aliphatic rings. The maximum atomic E-state index is 13.5. The number of alkyl halides is 3. The predicted molar refractivity (Wildman–Crippen MR) is 118 cm³/mol. The Labute approximate surface area is 189 Å². The van der Waals surface area contributed by atoms with Crippen LogP contribution in [0.4, 0.5) is 13.2 Å². The molecule has 0 bridgehead atoms. The van der Waals surface area contributed by atoms with Crippen LogP contribution in [0.2, 0.25) is 35.7 Å². The SMILES string of the molecule is C[Si](C)(C)CCOCc1[nH]c(-c2cc(-c3ccc(Cl)c(Cl)c3)ncn2)nc1C(F)(F)F. The van der Waals surface area contributed by atoms with Gasteiger partial charge in [0.2, 0.25) is 0 Å². The van der Waals surface area contributed by atoms with Gasteiger partial charge >= 0.3 is 6.18 Å². The van der Waals surface area contributed by atoms with Gasteiger partial charge in [-0.1, -0.05) is 48.9 Å². The Morgan fingerprint density at radius 3 is 2.39 bits per heavy atom. The summed E-state index contributed by atoms with van der Waals surface area (Å²) in [6.45, 7) is 6.71. The van der Waals surface area contributed by atoms with Crippen LogP contribution in [0, 0.1) is 0 Å². The molecule has 3 rings (SSSR count). The molecule has 2 aromatic heterocycles. The molecule has 166 valence electrons. The van der Waals surface area contributed by atoms with E-state index >= 15 is 0 Å². The molecule has 1 aromatic carbocycles. The molecule has 0 radical (unpaired) electrons. The second-order valence-corrected chi connectivity index (χ2v) is 14.6. The molecule has 0 spiro atoms. The fraction of sp³-hybridized carbons (Fsp3) is 0.350. The van der Waals surface area contributed by atoms with Crippen LogP contribution in [0.1, 0.15) is 11.4 Å². The number of aromatic nitrogens is 4. The van der Waals surface area contributed by atoms with E-state index in [-0.39, 0.29) is 23.8 Å². The first-order chi connectivity index (χ1) is 14.4. The quantitative estimate of drug-likeness (QED) is 0.296. The Bertz CT molecular complexity index is 1070. The molecular formula is C20H21Cl2F3N4OSi. The number of hydrogen-bond donors (Lipinski definition) is 1. The molecule has 0 unspecified atom stereocenters. The van der Waals surface area contributed by atoms with Gasteiger partial charge in [-0.15, -0.1) is 0 Å². The molecule has 11 heteroatoms. The lowest BCUT2D eigenvalue weighted by molar-refractivity contribution is -0.142. The lowest BCUT2D eigenvalue weighted by atomic mass is 10.1. The smallest absolute Gasteiger partial charge is 0.375 e. The number of rotatable bonds is 7. The molecule has 0 saturated carbocycles. The van der Waals surface area contributed by atoms with Gasteiger partial charge in [0.05, 0.1) is 28.0 Å². The third-order valence-corrected chi connectivity index (χ3v) is 6.86. The Balaban J connectivity index is 1.88. The Morgan fingerprint density at radius 2 is 1.74 bits per heavy atom. The number of nitrogens with one attached hydrogen (secondary N) is 1. The summed E-state index contributed by atoms with van der Waals surface area (Å²) in [5.41, 5.74) is 0.199. The van der Waals surface area contributed by atoms with Gasteiger partial charge in [-0.05, 0) is 24.2 Å². The minimum atomic E-state index is -4.62. The zero-order valence-corrected chi connectivity index (χ0v) is 19.7. The molecule has 31 heavy (non-hydrogen) atoms. The minimum Gasteiger partial charge on any atom is -0.375 e. The van der Waals surface area contributed by atoms with E-state index in [1.165, 1.54) is 12.4 Å². The van der Waals surface area contributed by atoms with Gasteiger partial charge < -0.3 is 9.72 Å². The Morgan fingerprint density at radius 1 is 1.03 bits per heavy atom. The maximum absolute atomic E-state index is 13.5. The molecule has 0 aliphatic heterocycles. The van der Waals surface area contributed by atoms with Gasteiger partial charge in [-0.3, -0.25) is 0 Å². The monoisotopic (exact) mass is 488 g/mol. The van der Waals surface area contributed by atoms with Crippen molar-refractivity contribution in [3.63, 3.8) is 0 Å². The summed E-state index contributed by atoms with van der Waals surface area (Å²) in [4.78, 5) is 14.7. The number of H-pyrrole nitrogens is 1. The predicted octanol–water partition coefficient (Wildman–Crippen LogP) is 6.71. The second kappa shape index (κ2) is 9.28. The van der Waals surface area contributed by atoms with Crippen LogP contribution in [-0.4, -0.2) is 34.6 Å².